The predicted octanol–water partition coefficient (Wildman–Crippen LogP) is 2.86. The molecule has 1 aromatic heterocycles. The number of carbonyl (C=O) groups is 1. The number of ether oxygens (including phenoxy) is 2. The van der Waals surface area contributed by atoms with Crippen LogP contribution in [0.15, 0.2) is 18.3 Å². The number of benzene rings is 1. The van der Waals surface area contributed by atoms with Gasteiger partial charge < -0.3 is 14.8 Å². The van der Waals surface area contributed by atoms with E-state index in [0.29, 0.717) is 46.9 Å². The van der Waals surface area contributed by atoms with Gasteiger partial charge in [-0.25, -0.2) is 0 Å². The summed E-state index contributed by atoms with van der Waals surface area (Å²) >= 11 is 0. The minimum absolute atomic E-state index is 0.206. The van der Waals surface area contributed by atoms with Gasteiger partial charge >= 0.3 is 0 Å². The highest BCUT2D eigenvalue weighted by Crippen LogP contribution is 2.35. The monoisotopic (exact) mass is 299 g/mol. The number of rotatable bonds is 5. The normalized spacial score (nSPS) is 10.1. The zero-order valence-electron chi connectivity index (χ0n) is 12.8. The third-order valence-electron chi connectivity index (χ3n) is 2.94. The van der Waals surface area contributed by atoms with E-state index >= 15 is 0 Å². The van der Waals surface area contributed by atoms with E-state index in [9.17, 15) is 10.1 Å². The van der Waals surface area contributed by atoms with Crippen LogP contribution in [0.1, 0.15) is 26.3 Å². The Bertz CT molecular complexity index is 750. The third-order valence-corrected chi connectivity index (χ3v) is 2.94. The Labute approximate surface area is 128 Å². The van der Waals surface area contributed by atoms with Crippen molar-refractivity contribution in [3.05, 3.63) is 23.9 Å². The fourth-order valence-electron chi connectivity index (χ4n) is 2.14. The van der Waals surface area contributed by atoms with E-state index in [1.54, 1.807) is 12.1 Å². The molecule has 1 amide bonds. The fraction of sp³-hybridized carbons (Fsp3) is 0.312. The molecule has 1 heterocycles. The van der Waals surface area contributed by atoms with Crippen LogP contribution >= 0.6 is 0 Å². The Balaban J connectivity index is 2.70. The Morgan fingerprint density at radius 3 is 2.64 bits per heavy atom. The first-order chi connectivity index (χ1) is 10.6. The van der Waals surface area contributed by atoms with Crippen molar-refractivity contribution in [3.63, 3.8) is 0 Å². The molecule has 0 bridgehead atoms. The second-order valence-corrected chi connectivity index (χ2v) is 4.53. The molecule has 0 saturated heterocycles. The molecule has 0 radical (unpaired) electrons. The molecule has 0 spiro atoms. The van der Waals surface area contributed by atoms with Crippen molar-refractivity contribution in [2.45, 2.75) is 20.8 Å². The SMILES string of the molecule is CCOc1cc2ncc(C#N)c(OCC)c2cc1NC(C)=O. The largest absolute Gasteiger partial charge is 0.492 e. The number of nitrogens with one attached hydrogen (secondary N) is 1. The number of aromatic nitrogens is 1. The van der Waals surface area contributed by atoms with Crippen LogP contribution in [0.25, 0.3) is 10.9 Å². The van der Waals surface area contributed by atoms with E-state index < -0.39 is 0 Å². The van der Waals surface area contributed by atoms with Crippen LogP contribution in [0.3, 0.4) is 0 Å². The molecule has 0 fully saturated rings. The summed E-state index contributed by atoms with van der Waals surface area (Å²) in [6.07, 6.45) is 1.47. The number of pyridine rings is 1. The Kier molecular flexibility index (Phi) is 4.79. The molecule has 2 rings (SSSR count). The number of hydrogen-bond donors (Lipinski definition) is 1. The smallest absolute Gasteiger partial charge is 0.221 e. The number of amides is 1. The number of anilines is 1. The van der Waals surface area contributed by atoms with Crippen molar-refractivity contribution in [1.82, 2.24) is 4.98 Å². The second-order valence-electron chi connectivity index (χ2n) is 4.53. The van der Waals surface area contributed by atoms with Crippen molar-refractivity contribution in [1.29, 1.82) is 5.26 Å². The number of nitriles is 1. The van der Waals surface area contributed by atoms with Gasteiger partial charge in [0.25, 0.3) is 0 Å². The molecular weight excluding hydrogens is 282 g/mol. The third kappa shape index (κ3) is 3.09. The summed E-state index contributed by atoms with van der Waals surface area (Å²) in [7, 11) is 0. The van der Waals surface area contributed by atoms with Crippen molar-refractivity contribution in [3.8, 4) is 17.6 Å². The van der Waals surface area contributed by atoms with Crippen molar-refractivity contribution in [2.75, 3.05) is 18.5 Å². The average Bonchev–Trinajstić information content (AvgIpc) is 2.48. The second kappa shape index (κ2) is 6.76. The molecule has 22 heavy (non-hydrogen) atoms. The maximum absolute atomic E-state index is 11.4. The molecular formula is C16H17N3O3. The van der Waals surface area contributed by atoms with Crippen LogP contribution in [-0.4, -0.2) is 24.1 Å². The number of carbonyl (C=O) groups excluding carboxylic acids is 1. The molecule has 2 aromatic rings. The summed E-state index contributed by atoms with van der Waals surface area (Å²) in [5.41, 5.74) is 1.52. The summed E-state index contributed by atoms with van der Waals surface area (Å²) in [4.78, 5) is 15.6. The zero-order valence-corrected chi connectivity index (χ0v) is 12.8. The van der Waals surface area contributed by atoms with Crippen LogP contribution in [0.5, 0.6) is 11.5 Å². The molecule has 1 aromatic carbocycles. The van der Waals surface area contributed by atoms with Gasteiger partial charge in [0.05, 0.1) is 24.4 Å². The van der Waals surface area contributed by atoms with Gasteiger partial charge in [0.15, 0.2) is 0 Å². The number of nitrogens with zero attached hydrogens (tertiary/aromatic N) is 2. The van der Waals surface area contributed by atoms with Crippen LogP contribution in [0.2, 0.25) is 0 Å². The van der Waals surface area contributed by atoms with E-state index in [-0.39, 0.29) is 5.91 Å². The lowest BCUT2D eigenvalue weighted by Crippen LogP contribution is -2.08. The van der Waals surface area contributed by atoms with Crippen molar-refractivity contribution in [2.24, 2.45) is 0 Å². The van der Waals surface area contributed by atoms with E-state index in [2.05, 4.69) is 16.4 Å². The Hall–Kier alpha value is -2.81. The molecule has 0 aliphatic heterocycles. The van der Waals surface area contributed by atoms with Gasteiger partial charge in [-0.05, 0) is 19.9 Å². The lowest BCUT2D eigenvalue weighted by atomic mass is 10.1. The lowest BCUT2D eigenvalue weighted by Gasteiger charge is -2.14. The van der Waals surface area contributed by atoms with E-state index in [0.717, 1.165) is 0 Å². The minimum Gasteiger partial charge on any atom is -0.492 e. The Morgan fingerprint density at radius 2 is 2.05 bits per heavy atom. The van der Waals surface area contributed by atoms with E-state index in [1.165, 1.54) is 13.1 Å². The van der Waals surface area contributed by atoms with Crippen LogP contribution in [-0.2, 0) is 4.79 Å². The minimum atomic E-state index is -0.206. The van der Waals surface area contributed by atoms with E-state index in [4.69, 9.17) is 9.47 Å². The molecule has 6 nitrogen and oxygen atoms in total. The van der Waals surface area contributed by atoms with Gasteiger partial charge in [-0.2, -0.15) is 5.26 Å². The van der Waals surface area contributed by atoms with Gasteiger partial charge in [-0.3, -0.25) is 9.78 Å². The summed E-state index contributed by atoms with van der Waals surface area (Å²) in [5.74, 6) is 0.789. The number of fused-ring (bicyclic) bond motifs is 1. The van der Waals surface area contributed by atoms with Crippen molar-refractivity contribution < 1.29 is 14.3 Å². The van der Waals surface area contributed by atoms with Gasteiger partial charge in [0, 0.05) is 24.6 Å². The molecule has 0 unspecified atom stereocenters. The highest BCUT2D eigenvalue weighted by atomic mass is 16.5. The molecule has 114 valence electrons. The van der Waals surface area contributed by atoms with Crippen LogP contribution in [0.4, 0.5) is 5.69 Å². The average molecular weight is 299 g/mol. The summed E-state index contributed by atoms with van der Waals surface area (Å²) < 4.78 is 11.1. The van der Waals surface area contributed by atoms with Gasteiger partial charge in [-0.15, -0.1) is 0 Å². The summed E-state index contributed by atoms with van der Waals surface area (Å²) in [5, 5.41) is 12.6. The topological polar surface area (TPSA) is 84.2 Å². The van der Waals surface area contributed by atoms with Gasteiger partial charge in [-0.1, -0.05) is 0 Å². The predicted molar refractivity (Wildman–Crippen MR) is 83.1 cm³/mol. The van der Waals surface area contributed by atoms with E-state index in [1.807, 2.05) is 13.8 Å². The fourth-order valence-corrected chi connectivity index (χ4v) is 2.14. The highest BCUT2D eigenvalue weighted by Gasteiger charge is 2.15. The molecule has 0 saturated carbocycles. The number of hydrogen-bond acceptors (Lipinski definition) is 5. The maximum Gasteiger partial charge on any atom is 0.221 e. The zero-order chi connectivity index (χ0) is 16.1. The van der Waals surface area contributed by atoms with Gasteiger partial charge in [0.1, 0.15) is 23.1 Å². The molecule has 6 heteroatoms. The van der Waals surface area contributed by atoms with Crippen LogP contribution in [0, 0.1) is 11.3 Å². The quantitative estimate of drug-likeness (QED) is 0.917. The molecule has 1 N–H and O–H groups in total. The van der Waals surface area contributed by atoms with Crippen LogP contribution < -0.4 is 14.8 Å². The molecule has 0 aliphatic carbocycles. The van der Waals surface area contributed by atoms with Crippen molar-refractivity contribution >= 4 is 22.5 Å². The summed E-state index contributed by atoms with van der Waals surface area (Å²) in [6.45, 7) is 6.02. The standard InChI is InChI=1S/C16H17N3O3/c1-4-21-15-7-13-12(6-14(15)19-10(3)20)16(22-5-2)11(8-17)9-18-13/h6-7,9H,4-5H2,1-3H3,(H,19,20). The molecule has 0 aliphatic rings. The first kappa shape index (κ1) is 15.6. The highest BCUT2D eigenvalue weighted by molar-refractivity contribution is 5.97. The molecule has 0 atom stereocenters. The first-order valence-electron chi connectivity index (χ1n) is 7.00. The Morgan fingerprint density at radius 1 is 1.32 bits per heavy atom. The lowest BCUT2D eigenvalue weighted by molar-refractivity contribution is -0.114. The summed E-state index contributed by atoms with van der Waals surface area (Å²) in [6, 6.07) is 5.52. The first-order valence-corrected chi connectivity index (χ1v) is 7.00. The van der Waals surface area contributed by atoms with Gasteiger partial charge in [0.2, 0.25) is 5.91 Å². The maximum atomic E-state index is 11.4.